The van der Waals surface area contributed by atoms with Crippen molar-refractivity contribution in [3.05, 3.63) is 87.7 Å². The molecule has 9 heteroatoms. The average Bonchev–Trinajstić information content (AvgIpc) is 2.88. The quantitative estimate of drug-likeness (QED) is 0.557. The molecule has 0 spiro atoms. The maximum absolute atomic E-state index is 13.3. The molecule has 0 saturated carbocycles. The number of carbonyl (C=O) groups excluding carboxylic acids is 2. The third-order valence-corrected chi connectivity index (χ3v) is 6.86. The van der Waals surface area contributed by atoms with Crippen LogP contribution in [0.4, 0.5) is 0 Å². The Kier molecular flexibility index (Phi) is 7.36. The number of nitriles is 1. The Hall–Kier alpha value is -4.16. The van der Waals surface area contributed by atoms with E-state index in [1.807, 2.05) is 38.1 Å². The Morgan fingerprint density at radius 2 is 1.81 bits per heavy atom. The molecule has 0 saturated heterocycles. The minimum absolute atomic E-state index is 0.0262. The van der Waals surface area contributed by atoms with Gasteiger partial charge in [0.1, 0.15) is 22.3 Å². The summed E-state index contributed by atoms with van der Waals surface area (Å²) in [5, 5.41) is 10.6. The number of hydrogen-bond donors (Lipinski definition) is 1. The van der Waals surface area contributed by atoms with E-state index in [4.69, 9.17) is 19.9 Å². The molecule has 1 atom stereocenters. The van der Waals surface area contributed by atoms with E-state index in [1.54, 1.807) is 24.3 Å². The van der Waals surface area contributed by atoms with Gasteiger partial charge in [-0.25, -0.2) is 4.79 Å². The van der Waals surface area contributed by atoms with Gasteiger partial charge in [0.05, 0.1) is 43.5 Å². The minimum atomic E-state index is -0.839. The van der Waals surface area contributed by atoms with Gasteiger partial charge >= 0.3 is 5.97 Å². The molecular weight excluding hydrogens is 478 g/mol. The number of nitrogens with two attached hydrogens (primary N) is 1. The number of methoxy groups -OCH3 is 1. The topological polar surface area (TPSA) is 115 Å². The molecule has 0 fully saturated rings. The highest BCUT2D eigenvalue weighted by molar-refractivity contribution is 8.11. The molecule has 0 aromatic heterocycles. The lowest BCUT2D eigenvalue weighted by Gasteiger charge is -2.37. The van der Waals surface area contributed by atoms with Crippen LogP contribution in [0, 0.1) is 11.3 Å². The Morgan fingerprint density at radius 3 is 2.44 bits per heavy atom. The number of allylic oxidation sites excluding steroid dienone is 1. The molecule has 0 radical (unpaired) electrons. The molecule has 8 nitrogen and oxygen atoms in total. The number of carbonyl (C=O) groups is 2. The van der Waals surface area contributed by atoms with Gasteiger partial charge in [0.15, 0.2) is 0 Å². The number of ether oxygens (including phenoxy) is 3. The van der Waals surface area contributed by atoms with Gasteiger partial charge in [-0.05, 0) is 49.2 Å². The molecule has 2 aromatic carbocycles. The van der Waals surface area contributed by atoms with Crippen LogP contribution in [0.25, 0.3) is 4.91 Å². The number of hydrogen-bond acceptors (Lipinski definition) is 8. The van der Waals surface area contributed by atoms with Crippen molar-refractivity contribution in [3.63, 3.8) is 0 Å². The normalized spacial score (nSPS) is 17.3. The van der Waals surface area contributed by atoms with Crippen molar-refractivity contribution in [3.8, 4) is 17.6 Å². The van der Waals surface area contributed by atoms with Crippen LogP contribution in [-0.2, 0) is 14.3 Å². The van der Waals surface area contributed by atoms with Gasteiger partial charge in [-0.2, -0.15) is 5.26 Å². The summed E-state index contributed by atoms with van der Waals surface area (Å²) >= 11 is 1.25. The molecule has 0 aliphatic carbocycles. The molecule has 36 heavy (non-hydrogen) atoms. The predicted octanol–water partition coefficient (Wildman–Crippen LogP) is 4.28. The van der Waals surface area contributed by atoms with E-state index in [0.717, 1.165) is 5.56 Å². The van der Waals surface area contributed by atoms with Crippen LogP contribution >= 0.6 is 11.8 Å². The smallest absolute Gasteiger partial charge is 0.338 e. The highest BCUT2D eigenvalue weighted by Crippen LogP contribution is 2.50. The van der Waals surface area contributed by atoms with Gasteiger partial charge in [-0.15, -0.1) is 0 Å². The van der Waals surface area contributed by atoms with E-state index in [0.29, 0.717) is 40.2 Å². The molecule has 2 aliphatic rings. The zero-order chi connectivity index (χ0) is 25.8. The van der Waals surface area contributed by atoms with E-state index in [1.165, 1.54) is 29.8 Å². The predicted molar refractivity (Wildman–Crippen MR) is 136 cm³/mol. The van der Waals surface area contributed by atoms with E-state index in [2.05, 4.69) is 6.07 Å². The second-order valence-electron chi connectivity index (χ2n) is 7.80. The summed E-state index contributed by atoms with van der Waals surface area (Å²) in [5.41, 5.74) is 8.08. The Bertz CT molecular complexity index is 1340. The van der Waals surface area contributed by atoms with Crippen LogP contribution < -0.4 is 15.2 Å². The van der Waals surface area contributed by atoms with Gasteiger partial charge in [-0.3, -0.25) is 9.69 Å². The molecular formula is C27H25N3O5S. The third-order valence-electron chi connectivity index (χ3n) is 5.69. The van der Waals surface area contributed by atoms with Crippen molar-refractivity contribution in [2.24, 2.45) is 5.73 Å². The van der Waals surface area contributed by atoms with Crippen molar-refractivity contribution in [1.29, 1.82) is 5.26 Å². The average molecular weight is 504 g/mol. The largest absolute Gasteiger partial charge is 0.494 e. The monoisotopic (exact) mass is 503 g/mol. The van der Waals surface area contributed by atoms with Gasteiger partial charge in [-0.1, -0.05) is 36.0 Å². The molecule has 1 amide bonds. The first-order chi connectivity index (χ1) is 17.4. The molecule has 2 aromatic rings. The van der Waals surface area contributed by atoms with Crippen molar-refractivity contribution < 1.29 is 23.8 Å². The van der Waals surface area contributed by atoms with E-state index < -0.39 is 17.8 Å². The minimum Gasteiger partial charge on any atom is -0.494 e. The summed E-state index contributed by atoms with van der Waals surface area (Å²) in [7, 11) is 1.23. The molecule has 1 unspecified atom stereocenters. The van der Waals surface area contributed by atoms with Crippen LogP contribution in [0.3, 0.4) is 0 Å². The van der Waals surface area contributed by atoms with Crippen LogP contribution in [0.15, 0.2) is 76.6 Å². The third kappa shape index (κ3) is 4.55. The zero-order valence-electron chi connectivity index (χ0n) is 20.1. The summed E-state index contributed by atoms with van der Waals surface area (Å²) in [6, 6.07) is 16.7. The van der Waals surface area contributed by atoms with Crippen molar-refractivity contribution in [2.45, 2.75) is 19.8 Å². The van der Waals surface area contributed by atoms with Gasteiger partial charge in [0.25, 0.3) is 5.91 Å². The maximum Gasteiger partial charge on any atom is 0.338 e. The molecule has 4 rings (SSSR count). The van der Waals surface area contributed by atoms with Crippen molar-refractivity contribution in [2.75, 3.05) is 20.3 Å². The summed E-state index contributed by atoms with van der Waals surface area (Å²) in [4.78, 5) is 28.0. The Labute approximate surface area is 213 Å². The number of benzene rings is 2. The number of nitrogens with zero attached hydrogens (tertiary/aromatic N) is 2. The molecule has 184 valence electrons. The lowest BCUT2D eigenvalue weighted by molar-refractivity contribution is -0.136. The fourth-order valence-corrected chi connectivity index (χ4v) is 5.32. The number of esters is 1. The summed E-state index contributed by atoms with van der Waals surface area (Å²) in [6.07, 6.45) is 1.44. The molecule has 2 N–H and O–H groups in total. The first kappa shape index (κ1) is 24.9. The van der Waals surface area contributed by atoms with Crippen LogP contribution in [0.1, 0.15) is 30.9 Å². The standard InChI is InChI=1S/C27H25N3O5S/c1-4-34-18-11-9-16(10-12-18)21-14-22(31)30-25(29)24(27(32)33-3)23(20(15-28)26(30)36-21)17-7-6-8-19(13-17)35-5-2/h6-14,23H,4-5,29H2,1-3H3. The number of rotatable bonds is 7. The number of amides is 1. The first-order valence-corrected chi connectivity index (χ1v) is 12.2. The maximum atomic E-state index is 13.3. The van der Waals surface area contributed by atoms with E-state index in [-0.39, 0.29) is 17.0 Å². The summed E-state index contributed by atoms with van der Waals surface area (Å²) in [5.74, 6) is -0.776. The van der Waals surface area contributed by atoms with Crippen molar-refractivity contribution in [1.82, 2.24) is 4.90 Å². The van der Waals surface area contributed by atoms with E-state index >= 15 is 0 Å². The second kappa shape index (κ2) is 10.6. The van der Waals surface area contributed by atoms with E-state index in [9.17, 15) is 14.9 Å². The second-order valence-corrected chi connectivity index (χ2v) is 8.83. The lowest BCUT2D eigenvalue weighted by atomic mass is 9.83. The fourth-order valence-electron chi connectivity index (χ4n) is 4.15. The highest BCUT2D eigenvalue weighted by atomic mass is 32.2. The molecule has 0 bridgehead atoms. The molecule has 2 aliphatic heterocycles. The first-order valence-electron chi connectivity index (χ1n) is 11.3. The summed E-state index contributed by atoms with van der Waals surface area (Å²) in [6.45, 7) is 4.77. The fraction of sp³-hybridized carbons (Fsp3) is 0.222. The lowest BCUT2D eigenvalue weighted by Crippen LogP contribution is -2.41. The van der Waals surface area contributed by atoms with Crippen LogP contribution in [0.5, 0.6) is 11.5 Å². The Balaban J connectivity index is 1.86. The highest BCUT2D eigenvalue weighted by Gasteiger charge is 2.43. The van der Waals surface area contributed by atoms with Crippen LogP contribution in [0.2, 0.25) is 0 Å². The van der Waals surface area contributed by atoms with Gasteiger partial charge < -0.3 is 19.9 Å². The summed E-state index contributed by atoms with van der Waals surface area (Å²) < 4.78 is 16.1. The number of thioether (sulfide) groups is 1. The van der Waals surface area contributed by atoms with Crippen molar-refractivity contribution >= 4 is 28.5 Å². The number of fused-ring (bicyclic) bond motifs is 1. The van der Waals surface area contributed by atoms with Gasteiger partial charge in [0, 0.05) is 11.0 Å². The zero-order valence-corrected chi connectivity index (χ0v) is 20.9. The SMILES string of the molecule is CCOc1ccc(C2=CC(=O)N3C(N)=C(C(=O)OC)C(c4cccc(OCC)c4)C(C#N)=C3S2)cc1. The van der Waals surface area contributed by atoms with Crippen LogP contribution in [-0.4, -0.2) is 37.1 Å². The van der Waals surface area contributed by atoms with Gasteiger partial charge in [0.2, 0.25) is 0 Å². The Morgan fingerprint density at radius 1 is 1.11 bits per heavy atom. The molecule has 2 heterocycles.